The van der Waals surface area contributed by atoms with Crippen LogP contribution in [0.3, 0.4) is 0 Å². The second-order valence-corrected chi connectivity index (χ2v) is 0.519. The number of carboxylic acids is 1. The molecule has 7 nitrogen and oxygen atoms in total. The molecule has 10 heavy (non-hydrogen) atoms. The predicted molar refractivity (Wildman–Crippen MR) is 38.7 cm³/mol. The Morgan fingerprint density at radius 2 is 1.10 bits per heavy atom. The SMILES string of the molecule is CC(=O)O.N.N.N.N.[Co].[NH2-]. The van der Waals surface area contributed by atoms with Gasteiger partial charge in [-0.25, -0.2) is 0 Å². The molecule has 8 heteroatoms. The smallest absolute Gasteiger partial charge is 0.300 e. The van der Waals surface area contributed by atoms with Crippen molar-refractivity contribution in [1.29, 1.82) is 0 Å². The molecule has 0 aliphatic carbocycles. The van der Waals surface area contributed by atoms with Gasteiger partial charge in [0.25, 0.3) is 5.97 Å². The summed E-state index contributed by atoms with van der Waals surface area (Å²) >= 11 is 0. The minimum Gasteiger partial charge on any atom is -0.693 e. The van der Waals surface area contributed by atoms with Crippen molar-refractivity contribution in [3.8, 4) is 0 Å². The molecule has 0 fully saturated rings. The molecule has 0 heterocycles. The van der Waals surface area contributed by atoms with Gasteiger partial charge in [0.2, 0.25) is 0 Å². The third-order valence-electron chi connectivity index (χ3n) is 0. The maximum Gasteiger partial charge on any atom is 0.300 e. The van der Waals surface area contributed by atoms with Crippen LogP contribution in [0.2, 0.25) is 0 Å². The Morgan fingerprint density at radius 1 is 1.10 bits per heavy atom. The summed E-state index contributed by atoms with van der Waals surface area (Å²) in [5.41, 5.74) is 0. The number of nitrogens with two attached hydrogens (primary N) is 1. The number of rotatable bonds is 0. The first kappa shape index (κ1) is 97.7. The molecule has 0 aromatic carbocycles. The quantitative estimate of drug-likeness (QED) is 0.392. The van der Waals surface area contributed by atoms with E-state index in [9.17, 15) is 0 Å². The van der Waals surface area contributed by atoms with Crippen LogP contribution in [0, 0.1) is 0 Å². The summed E-state index contributed by atoms with van der Waals surface area (Å²) in [7, 11) is 0. The van der Waals surface area contributed by atoms with Gasteiger partial charge in [0.1, 0.15) is 0 Å². The van der Waals surface area contributed by atoms with Crippen LogP contribution in [0.4, 0.5) is 0 Å². The Kier molecular flexibility index (Phi) is 673. The maximum atomic E-state index is 9.00. The molecule has 0 aromatic rings. The van der Waals surface area contributed by atoms with Crippen LogP contribution in [-0.4, -0.2) is 11.1 Å². The molecular weight excluding hydrogens is 185 g/mol. The molecule has 0 unspecified atom stereocenters. The van der Waals surface area contributed by atoms with Gasteiger partial charge in [0.15, 0.2) is 0 Å². The molecule has 0 bridgehead atoms. The Balaban J connectivity index is -0.00000000300. The normalized spacial score (nSPS) is 2.50. The average molecular weight is 203 g/mol. The maximum absolute atomic E-state index is 9.00. The second-order valence-electron chi connectivity index (χ2n) is 0.519. The van der Waals surface area contributed by atoms with E-state index in [-0.39, 0.29) is 47.5 Å². The van der Waals surface area contributed by atoms with Crippen molar-refractivity contribution in [2.75, 3.05) is 0 Å². The van der Waals surface area contributed by atoms with Gasteiger partial charge >= 0.3 is 0 Å². The zero-order valence-electron chi connectivity index (χ0n) is 6.09. The first-order chi connectivity index (χ1) is 1.73. The minimum absolute atomic E-state index is 0. The van der Waals surface area contributed by atoms with Crippen molar-refractivity contribution in [2.45, 2.75) is 6.92 Å². The monoisotopic (exact) mass is 203 g/mol. The molecule has 73 valence electrons. The van der Waals surface area contributed by atoms with E-state index in [0.29, 0.717) is 0 Å². The van der Waals surface area contributed by atoms with Gasteiger partial charge in [-0.05, 0) is 0 Å². The molecule has 0 aliphatic heterocycles. The van der Waals surface area contributed by atoms with Crippen LogP contribution in [0.5, 0.6) is 0 Å². The molecule has 0 saturated carbocycles. The summed E-state index contributed by atoms with van der Waals surface area (Å²) < 4.78 is 0. The fourth-order valence-electron chi connectivity index (χ4n) is 0. The van der Waals surface area contributed by atoms with Gasteiger partial charge in [0, 0.05) is 23.7 Å². The van der Waals surface area contributed by atoms with Crippen LogP contribution in [0.25, 0.3) is 6.15 Å². The van der Waals surface area contributed by atoms with Crippen LogP contribution in [0.15, 0.2) is 0 Å². The molecule has 0 spiro atoms. The zero-order valence-corrected chi connectivity index (χ0v) is 7.14. The first-order valence-electron chi connectivity index (χ1n) is 0.928. The van der Waals surface area contributed by atoms with Crippen LogP contribution >= 0.6 is 0 Å². The van der Waals surface area contributed by atoms with E-state index in [1.807, 2.05) is 0 Å². The molecule has 0 atom stereocenters. The van der Waals surface area contributed by atoms with Crippen LogP contribution in [0.1, 0.15) is 6.92 Å². The third kappa shape index (κ3) is 7150. The van der Waals surface area contributed by atoms with E-state index in [0.717, 1.165) is 6.92 Å². The van der Waals surface area contributed by atoms with Crippen molar-refractivity contribution < 1.29 is 26.7 Å². The Labute approximate surface area is 71.1 Å². The number of hydrogen-bond donors (Lipinski definition) is 5. The largest absolute Gasteiger partial charge is 0.693 e. The zero-order chi connectivity index (χ0) is 3.58. The number of aliphatic carboxylic acids is 1. The van der Waals surface area contributed by atoms with Crippen molar-refractivity contribution in [3.63, 3.8) is 0 Å². The Morgan fingerprint density at radius 3 is 1.10 bits per heavy atom. The topological polar surface area (TPSA) is 211 Å². The summed E-state index contributed by atoms with van der Waals surface area (Å²) in [5, 5.41) is 7.42. The third-order valence-corrected chi connectivity index (χ3v) is 0. The van der Waals surface area contributed by atoms with E-state index in [4.69, 9.17) is 9.90 Å². The second kappa shape index (κ2) is 68.8. The summed E-state index contributed by atoms with van der Waals surface area (Å²) in [5.74, 6) is -0.833. The molecule has 0 saturated heterocycles. The first-order valence-corrected chi connectivity index (χ1v) is 0.928. The van der Waals surface area contributed by atoms with E-state index >= 15 is 0 Å². The Bertz CT molecular complexity index is 40.6. The molecular formula is C2H18CoN5O2-. The van der Waals surface area contributed by atoms with Crippen LogP contribution in [-0.2, 0) is 21.6 Å². The van der Waals surface area contributed by atoms with Gasteiger partial charge in [-0.15, -0.1) is 0 Å². The molecule has 0 rings (SSSR count). The molecule has 15 N–H and O–H groups in total. The van der Waals surface area contributed by atoms with E-state index in [1.165, 1.54) is 0 Å². The van der Waals surface area contributed by atoms with Gasteiger partial charge in [-0.1, -0.05) is 0 Å². The number of carbonyl (C=O) groups is 1. The average Bonchev–Trinajstić information content (AvgIpc) is 0.811. The van der Waals surface area contributed by atoms with E-state index < -0.39 is 5.97 Å². The number of carboxylic acid groups (broad SMARTS) is 1. The fourth-order valence-corrected chi connectivity index (χ4v) is 0. The van der Waals surface area contributed by atoms with Gasteiger partial charge in [0.05, 0.1) is 0 Å². The molecule has 0 aromatic heterocycles. The van der Waals surface area contributed by atoms with Gasteiger partial charge in [-0.2, -0.15) is 0 Å². The van der Waals surface area contributed by atoms with Crippen molar-refractivity contribution in [2.24, 2.45) is 0 Å². The summed E-state index contributed by atoms with van der Waals surface area (Å²) in [6, 6.07) is 0. The van der Waals surface area contributed by atoms with Crippen molar-refractivity contribution in [3.05, 3.63) is 6.15 Å². The standard InChI is InChI=1S/C2H4O2.Co.4H3N.H2N/c1-2(3)4;;;;;;/h1H3,(H,3,4);;4*1H3;1H2/q;;;;;;-1. The van der Waals surface area contributed by atoms with Gasteiger partial charge in [-0.3, -0.25) is 4.79 Å². The number of hydrogen-bond acceptors (Lipinski definition) is 5. The molecule has 0 aliphatic rings. The molecule has 1 radical (unpaired) electrons. The fraction of sp³-hybridized carbons (Fsp3) is 0.500. The summed E-state index contributed by atoms with van der Waals surface area (Å²) in [6.07, 6.45) is 0. The van der Waals surface area contributed by atoms with Gasteiger partial charge < -0.3 is 35.9 Å². The Hall–Kier alpha value is -0.224. The molecule has 0 amide bonds. The minimum atomic E-state index is -0.833. The van der Waals surface area contributed by atoms with Crippen molar-refractivity contribution >= 4 is 5.97 Å². The summed E-state index contributed by atoms with van der Waals surface area (Å²) in [4.78, 5) is 9.00. The van der Waals surface area contributed by atoms with Crippen LogP contribution < -0.4 is 24.6 Å². The van der Waals surface area contributed by atoms with E-state index in [1.54, 1.807) is 0 Å². The van der Waals surface area contributed by atoms with E-state index in [2.05, 4.69) is 0 Å². The van der Waals surface area contributed by atoms with Crippen molar-refractivity contribution in [1.82, 2.24) is 24.6 Å². The predicted octanol–water partition coefficient (Wildman–Crippen LogP) is 1.45. The summed E-state index contributed by atoms with van der Waals surface area (Å²) in [6.45, 7) is 1.08.